The van der Waals surface area contributed by atoms with E-state index in [4.69, 9.17) is 0 Å². The summed E-state index contributed by atoms with van der Waals surface area (Å²) in [7, 11) is -4.68. The van der Waals surface area contributed by atoms with Crippen molar-refractivity contribution in [3.05, 3.63) is 24.3 Å². The van der Waals surface area contributed by atoms with Crippen molar-refractivity contribution in [3.8, 4) is 0 Å². The van der Waals surface area contributed by atoms with E-state index in [2.05, 4.69) is 4.90 Å². The summed E-state index contributed by atoms with van der Waals surface area (Å²) in [5, 5.41) is -1.25. The van der Waals surface area contributed by atoms with Crippen LogP contribution >= 0.6 is 0 Å². The summed E-state index contributed by atoms with van der Waals surface area (Å²) in [5.41, 5.74) is 1.65. The van der Waals surface area contributed by atoms with Crippen molar-refractivity contribution in [3.63, 3.8) is 0 Å². The molecule has 0 aliphatic carbocycles. The van der Waals surface area contributed by atoms with Crippen molar-refractivity contribution < 1.29 is 17.1 Å². The molecule has 1 aromatic carbocycles. The number of carbonyl (C=O) groups excluding carboxylic acids is 1. The number of rotatable bonds is 3. The normalized spacial score (nSPS) is 23.1. The number of halogens is 1. The lowest BCUT2D eigenvalue weighted by Crippen LogP contribution is -2.27. The van der Waals surface area contributed by atoms with Gasteiger partial charge >= 0.3 is 10.2 Å². The average Bonchev–Trinajstić information content (AvgIpc) is 3.07. The third kappa shape index (κ3) is 2.88. The fraction of sp³-hybridized carbons (Fsp3) is 0.500. The first-order valence-corrected chi connectivity index (χ1v) is 8.49. The maximum atomic E-state index is 13.1. The van der Waals surface area contributed by atoms with Crippen LogP contribution in [0.2, 0.25) is 0 Å². The predicted molar refractivity (Wildman–Crippen MR) is 78.7 cm³/mol. The van der Waals surface area contributed by atoms with Gasteiger partial charge in [0.1, 0.15) is 5.25 Å². The van der Waals surface area contributed by atoms with Gasteiger partial charge in [0.25, 0.3) is 0 Å². The average molecular weight is 312 g/mol. The molecule has 0 bridgehead atoms. The number of hydrogen-bond acceptors (Lipinski definition) is 4. The summed E-state index contributed by atoms with van der Waals surface area (Å²) in [6.45, 7) is 1.86. The van der Waals surface area contributed by atoms with Crippen LogP contribution in [0.3, 0.4) is 0 Å². The van der Waals surface area contributed by atoms with Crippen LogP contribution < -0.4 is 9.80 Å². The van der Waals surface area contributed by atoms with E-state index in [1.165, 1.54) is 4.90 Å². The molecule has 1 atom stereocenters. The first kappa shape index (κ1) is 14.3. The summed E-state index contributed by atoms with van der Waals surface area (Å²) in [6, 6.07) is 7.44. The largest absolute Gasteiger partial charge is 0.371 e. The van der Waals surface area contributed by atoms with Crippen molar-refractivity contribution >= 4 is 27.5 Å². The molecule has 2 heterocycles. The van der Waals surface area contributed by atoms with Crippen molar-refractivity contribution in [2.24, 2.45) is 0 Å². The highest BCUT2D eigenvalue weighted by Crippen LogP contribution is 2.30. The standard InChI is InChI=1S/C14H17FN2O3S/c15-21(19,20)13-9-14(18)17(10-13)12-5-3-4-11(8-12)16-6-1-2-7-16/h3-5,8,13H,1-2,6-7,9-10H2. The number of carbonyl (C=O) groups is 1. The summed E-state index contributed by atoms with van der Waals surface area (Å²) < 4.78 is 35.0. The zero-order chi connectivity index (χ0) is 15.0. The molecule has 2 fully saturated rings. The molecule has 0 N–H and O–H groups in total. The summed E-state index contributed by atoms with van der Waals surface area (Å²) >= 11 is 0. The van der Waals surface area contributed by atoms with Gasteiger partial charge in [0.15, 0.2) is 0 Å². The molecule has 1 unspecified atom stereocenters. The quantitative estimate of drug-likeness (QED) is 0.797. The van der Waals surface area contributed by atoms with E-state index in [9.17, 15) is 17.1 Å². The molecule has 1 amide bonds. The highest BCUT2D eigenvalue weighted by atomic mass is 32.3. The molecule has 0 saturated carbocycles. The molecule has 7 heteroatoms. The van der Waals surface area contributed by atoms with Gasteiger partial charge in [-0.3, -0.25) is 4.79 Å². The van der Waals surface area contributed by atoms with Gasteiger partial charge in [-0.15, -0.1) is 3.89 Å². The third-order valence-corrected chi connectivity index (χ3v) is 5.21. The second kappa shape index (κ2) is 5.29. The minimum Gasteiger partial charge on any atom is -0.371 e. The van der Waals surface area contributed by atoms with Crippen LogP contribution in [-0.4, -0.2) is 39.2 Å². The minimum absolute atomic E-state index is 0.110. The van der Waals surface area contributed by atoms with E-state index in [0.29, 0.717) is 5.69 Å². The Labute approximate surface area is 123 Å². The zero-order valence-electron chi connectivity index (χ0n) is 11.5. The molecule has 114 valence electrons. The summed E-state index contributed by atoms with van der Waals surface area (Å²) in [4.78, 5) is 15.5. The molecule has 5 nitrogen and oxygen atoms in total. The van der Waals surface area contributed by atoms with Crippen LogP contribution in [0.5, 0.6) is 0 Å². The smallest absolute Gasteiger partial charge is 0.307 e. The van der Waals surface area contributed by atoms with E-state index in [1.54, 1.807) is 6.07 Å². The van der Waals surface area contributed by atoms with Crippen LogP contribution in [0, 0.1) is 0 Å². The third-order valence-electron chi connectivity index (χ3n) is 4.10. The predicted octanol–water partition coefficient (Wildman–Crippen LogP) is 1.69. The van der Waals surface area contributed by atoms with E-state index in [0.717, 1.165) is 31.6 Å². The summed E-state index contributed by atoms with van der Waals surface area (Å²) in [6.07, 6.45) is 2.01. The highest BCUT2D eigenvalue weighted by Gasteiger charge is 2.39. The second-order valence-electron chi connectivity index (χ2n) is 5.52. The highest BCUT2D eigenvalue weighted by molar-refractivity contribution is 7.87. The Bertz CT molecular complexity index is 656. The molecule has 3 rings (SSSR count). The molecule has 2 saturated heterocycles. The molecular weight excluding hydrogens is 295 g/mol. The first-order valence-electron chi connectivity index (χ1n) is 7.04. The van der Waals surface area contributed by atoms with Gasteiger partial charge in [-0.25, -0.2) is 0 Å². The molecule has 21 heavy (non-hydrogen) atoms. The number of anilines is 2. The topological polar surface area (TPSA) is 57.7 Å². The Balaban J connectivity index is 1.84. The van der Waals surface area contributed by atoms with Gasteiger partial charge in [-0.05, 0) is 31.0 Å². The first-order chi connectivity index (χ1) is 9.95. The Morgan fingerprint density at radius 2 is 1.81 bits per heavy atom. The number of nitrogens with zero attached hydrogens (tertiary/aromatic N) is 2. The van der Waals surface area contributed by atoms with Gasteiger partial charge in [-0.2, -0.15) is 8.42 Å². The van der Waals surface area contributed by atoms with Gasteiger partial charge in [-0.1, -0.05) is 6.07 Å². The lowest BCUT2D eigenvalue weighted by Gasteiger charge is -2.21. The molecule has 0 radical (unpaired) electrons. The fourth-order valence-corrected chi connectivity index (χ4v) is 3.61. The Morgan fingerprint density at radius 3 is 2.43 bits per heavy atom. The Kier molecular flexibility index (Phi) is 3.61. The molecule has 2 aliphatic rings. The van der Waals surface area contributed by atoms with Crippen LogP contribution in [0.1, 0.15) is 19.3 Å². The fourth-order valence-electron chi connectivity index (χ4n) is 2.95. The van der Waals surface area contributed by atoms with Crippen LogP contribution in [0.25, 0.3) is 0 Å². The molecule has 2 aliphatic heterocycles. The van der Waals surface area contributed by atoms with Gasteiger partial charge in [0, 0.05) is 37.4 Å². The second-order valence-corrected chi connectivity index (χ2v) is 7.14. The maximum Gasteiger partial charge on any atom is 0.307 e. The van der Waals surface area contributed by atoms with Gasteiger partial charge in [0.2, 0.25) is 5.91 Å². The monoisotopic (exact) mass is 312 g/mol. The van der Waals surface area contributed by atoms with Crippen molar-refractivity contribution in [1.29, 1.82) is 0 Å². The summed E-state index contributed by atoms with van der Waals surface area (Å²) in [5.74, 6) is -0.347. The molecular formula is C14H17FN2O3S. The lowest BCUT2D eigenvalue weighted by molar-refractivity contribution is -0.117. The van der Waals surface area contributed by atoms with Gasteiger partial charge in [0.05, 0.1) is 0 Å². The molecule has 0 spiro atoms. The van der Waals surface area contributed by atoms with Gasteiger partial charge < -0.3 is 9.80 Å². The van der Waals surface area contributed by atoms with Crippen LogP contribution in [0.15, 0.2) is 24.3 Å². The number of benzene rings is 1. The minimum atomic E-state index is -4.68. The van der Waals surface area contributed by atoms with Crippen LogP contribution in [0.4, 0.5) is 15.3 Å². The lowest BCUT2D eigenvalue weighted by atomic mass is 10.2. The maximum absolute atomic E-state index is 13.1. The van der Waals surface area contributed by atoms with E-state index in [1.807, 2.05) is 18.2 Å². The Hall–Kier alpha value is -1.63. The van der Waals surface area contributed by atoms with E-state index >= 15 is 0 Å². The number of hydrogen-bond donors (Lipinski definition) is 0. The van der Waals surface area contributed by atoms with Crippen molar-refractivity contribution in [1.82, 2.24) is 0 Å². The Morgan fingerprint density at radius 1 is 1.14 bits per heavy atom. The molecule has 0 aromatic heterocycles. The SMILES string of the molecule is O=C1CC(S(=O)(=O)F)CN1c1cccc(N2CCCC2)c1. The van der Waals surface area contributed by atoms with Crippen molar-refractivity contribution in [2.75, 3.05) is 29.4 Å². The van der Waals surface area contributed by atoms with E-state index < -0.39 is 15.5 Å². The van der Waals surface area contributed by atoms with Crippen LogP contribution in [-0.2, 0) is 15.0 Å². The zero-order valence-corrected chi connectivity index (χ0v) is 12.4. The molecule has 1 aromatic rings. The number of amides is 1. The van der Waals surface area contributed by atoms with E-state index in [-0.39, 0.29) is 18.9 Å². The van der Waals surface area contributed by atoms with Crippen molar-refractivity contribution in [2.45, 2.75) is 24.5 Å².